The van der Waals surface area contributed by atoms with Crippen LogP contribution in [0.15, 0.2) is 29.2 Å². The molecular weight excluding hydrogens is 325 g/mol. The number of ether oxygens (including phenoxy) is 1. The van der Waals surface area contributed by atoms with Gasteiger partial charge in [-0.3, -0.25) is 9.59 Å². The van der Waals surface area contributed by atoms with Crippen LogP contribution in [-0.2, 0) is 4.74 Å². The lowest BCUT2D eigenvalue weighted by Crippen LogP contribution is -2.51. The number of carbonyl (C=O) groups excluding carboxylic acids is 1. The zero-order valence-corrected chi connectivity index (χ0v) is 12.8. The predicted octanol–water partition coefficient (Wildman–Crippen LogP) is 2.24. The quantitative estimate of drug-likeness (QED) is 0.866. The molecule has 1 fully saturated rings. The Labute approximate surface area is 135 Å². The van der Waals surface area contributed by atoms with E-state index in [0.717, 1.165) is 10.5 Å². The molecule has 1 saturated heterocycles. The van der Waals surface area contributed by atoms with Crippen LogP contribution in [-0.4, -0.2) is 47.8 Å². The van der Waals surface area contributed by atoms with E-state index < -0.39 is 30.2 Å². The summed E-state index contributed by atoms with van der Waals surface area (Å²) in [6, 6.07) is 5.17. The van der Waals surface area contributed by atoms with Crippen LogP contribution < -0.4 is 5.43 Å². The highest BCUT2D eigenvalue weighted by Crippen LogP contribution is 2.26. The van der Waals surface area contributed by atoms with E-state index in [1.807, 2.05) is 13.0 Å². The number of H-pyrrole nitrogens is 1. The highest BCUT2D eigenvalue weighted by molar-refractivity contribution is 5.97. The maximum atomic E-state index is 12.8. The molecule has 2 heterocycles. The van der Waals surface area contributed by atoms with Gasteiger partial charge in [0, 0.05) is 23.6 Å². The molecule has 0 unspecified atom stereocenters. The smallest absolute Gasteiger partial charge is 0.365 e. The summed E-state index contributed by atoms with van der Waals surface area (Å²) in [5.74, 6) is -0.725. The van der Waals surface area contributed by atoms with E-state index in [0.29, 0.717) is 10.9 Å². The van der Waals surface area contributed by atoms with E-state index in [4.69, 9.17) is 0 Å². The van der Waals surface area contributed by atoms with E-state index >= 15 is 0 Å². The monoisotopic (exact) mass is 340 g/mol. The van der Waals surface area contributed by atoms with Crippen molar-refractivity contribution in [3.8, 4) is 0 Å². The number of rotatable bonds is 1. The van der Waals surface area contributed by atoms with Gasteiger partial charge >= 0.3 is 6.18 Å². The second kappa shape index (κ2) is 5.94. The van der Waals surface area contributed by atoms with Gasteiger partial charge in [-0.1, -0.05) is 11.6 Å². The average molecular weight is 340 g/mol. The van der Waals surface area contributed by atoms with Gasteiger partial charge in [0.1, 0.15) is 5.56 Å². The lowest BCUT2D eigenvalue weighted by molar-refractivity contribution is -0.233. The van der Waals surface area contributed by atoms with Gasteiger partial charge in [-0.2, -0.15) is 13.2 Å². The average Bonchev–Trinajstić information content (AvgIpc) is 2.54. The summed E-state index contributed by atoms with van der Waals surface area (Å²) in [5, 5.41) is 0.335. The fourth-order valence-electron chi connectivity index (χ4n) is 2.69. The minimum atomic E-state index is -4.55. The minimum Gasteiger partial charge on any atom is -0.365 e. The van der Waals surface area contributed by atoms with Gasteiger partial charge in [-0.15, -0.1) is 0 Å². The van der Waals surface area contributed by atoms with Crippen molar-refractivity contribution < 1.29 is 22.7 Å². The number of halogens is 3. The van der Waals surface area contributed by atoms with Crippen molar-refractivity contribution in [2.75, 3.05) is 19.7 Å². The lowest BCUT2D eigenvalue weighted by Gasteiger charge is -2.33. The number of aromatic amines is 1. The summed E-state index contributed by atoms with van der Waals surface area (Å²) < 4.78 is 43.0. The molecular formula is C16H15F3N2O3. The van der Waals surface area contributed by atoms with Crippen LogP contribution in [0.3, 0.4) is 0 Å². The molecule has 1 atom stereocenters. The number of amides is 1. The number of carbonyl (C=O) groups is 1. The van der Waals surface area contributed by atoms with Gasteiger partial charge in [-0.05, 0) is 19.1 Å². The number of fused-ring (bicyclic) bond motifs is 1. The number of hydrogen-bond donors (Lipinski definition) is 1. The van der Waals surface area contributed by atoms with E-state index in [1.54, 1.807) is 12.1 Å². The van der Waals surface area contributed by atoms with Crippen molar-refractivity contribution in [3.63, 3.8) is 0 Å². The largest absolute Gasteiger partial charge is 0.416 e. The Morgan fingerprint density at radius 3 is 2.83 bits per heavy atom. The molecule has 1 amide bonds. The van der Waals surface area contributed by atoms with Crippen molar-refractivity contribution in [2.45, 2.75) is 19.2 Å². The van der Waals surface area contributed by atoms with E-state index in [1.165, 1.54) is 6.20 Å². The van der Waals surface area contributed by atoms with Crippen LogP contribution in [0.25, 0.3) is 10.9 Å². The van der Waals surface area contributed by atoms with Crippen molar-refractivity contribution in [3.05, 3.63) is 45.7 Å². The van der Waals surface area contributed by atoms with Crippen LogP contribution in [0.5, 0.6) is 0 Å². The van der Waals surface area contributed by atoms with Crippen molar-refractivity contribution in [1.82, 2.24) is 9.88 Å². The molecule has 2 aromatic rings. The standard InChI is InChI=1S/C16H15F3N2O3/c1-9-2-3-12-10(6-9)14(22)11(7-20-12)15(23)21-4-5-24-13(8-21)16(17,18)19/h2-3,6-7,13H,4-5,8H2,1H3,(H,20,22)/t13-/m0/s1. The van der Waals surface area contributed by atoms with Crippen molar-refractivity contribution in [2.24, 2.45) is 0 Å². The molecule has 1 aromatic carbocycles. The molecule has 8 heteroatoms. The SMILES string of the molecule is Cc1ccc2[nH]cc(C(=O)N3CCO[C@H](C(F)(F)F)C3)c(=O)c2c1. The molecule has 24 heavy (non-hydrogen) atoms. The van der Waals surface area contributed by atoms with E-state index in [2.05, 4.69) is 9.72 Å². The first-order valence-corrected chi connectivity index (χ1v) is 7.37. The molecule has 0 spiro atoms. The molecule has 1 aromatic heterocycles. The number of hydrogen-bond acceptors (Lipinski definition) is 3. The molecule has 0 aliphatic carbocycles. The second-order valence-electron chi connectivity index (χ2n) is 5.73. The maximum Gasteiger partial charge on any atom is 0.416 e. The number of aryl methyl sites for hydroxylation is 1. The fraction of sp³-hybridized carbons (Fsp3) is 0.375. The number of aromatic nitrogens is 1. The minimum absolute atomic E-state index is 0.0106. The van der Waals surface area contributed by atoms with Crippen LogP contribution in [0, 0.1) is 6.92 Å². The number of benzene rings is 1. The highest BCUT2D eigenvalue weighted by atomic mass is 19.4. The summed E-state index contributed by atoms with van der Waals surface area (Å²) in [6.07, 6.45) is -5.33. The summed E-state index contributed by atoms with van der Waals surface area (Å²) >= 11 is 0. The summed E-state index contributed by atoms with van der Waals surface area (Å²) in [5.41, 5.74) is 0.752. The highest BCUT2D eigenvalue weighted by Gasteiger charge is 2.44. The third-order valence-corrected chi connectivity index (χ3v) is 3.99. The van der Waals surface area contributed by atoms with Gasteiger partial charge in [0.2, 0.25) is 5.43 Å². The Balaban J connectivity index is 1.94. The Hall–Kier alpha value is -2.35. The van der Waals surface area contributed by atoms with Gasteiger partial charge in [-0.25, -0.2) is 0 Å². The van der Waals surface area contributed by atoms with Gasteiger partial charge in [0.25, 0.3) is 5.91 Å². The van der Waals surface area contributed by atoms with Crippen LogP contribution in [0.4, 0.5) is 13.2 Å². The normalized spacial score (nSPS) is 18.8. The summed E-state index contributed by atoms with van der Waals surface area (Å²) in [6.45, 7) is 0.980. The molecule has 0 bridgehead atoms. The predicted molar refractivity (Wildman–Crippen MR) is 81.0 cm³/mol. The van der Waals surface area contributed by atoms with Crippen LogP contribution in [0.2, 0.25) is 0 Å². The Kier molecular flexibility index (Phi) is 4.08. The van der Waals surface area contributed by atoms with Crippen molar-refractivity contribution >= 4 is 16.8 Å². The molecule has 1 aliphatic heterocycles. The Morgan fingerprint density at radius 2 is 2.12 bits per heavy atom. The number of pyridine rings is 1. The topological polar surface area (TPSA) is 62.4 Å². The zero-order chi connectivity index (χ0) is 17.5. The molecule has 1 N–H and O–H groups in total. The summed E-state index contributed by atoms with van der Waals surface area (Å²) in [7, 11) is 0. The Bertz CT molecular complexity index is 845. The Morgan fingerprint density at radius 1 is 1.38 bits per heavy atom. The maximum absolute atomic E-state index is 12.8. The van der Waals surface area contributed by atoms with E-state index in [-0.39, 0.29) is 18.7 Å². The van der Waals surface area contributed by atoms with Crippen LogP contribution >= 0.6 is 0 Å². The third kappa shape index (κ3) is 3.01. The first-order valence-electron chi connectivity index (χ1n) is 7.37. The first kappa shape index (κ1) is 16.5. The zero-order valence-electron chi connectivity index (χ0n) is 12.8. The number of morpholine rings is 1. The number of nitrogens with one attached hydrogen (secondary N) is 1. The molecule has 0 saturated carbocycles. The molecule has 3 rings (SSSR count). The molecule has 0 radical (unpaired) electrons. The fourth-order valence-corrected chi connectivity index (χ4v) is 2.69. The van der Waals surface area contributed by atoms with Gasteiger partial charge in [0.05, 0.1) is 13.2 Å². The molecule has 5 nitrogen and oxygen atoms in total. The second-order valence-corrected chi connectivity index (χ2v) is 5.73. The van der Waals surface area contributed by atoms with Crippen LogP contribution in [0.1, 0.15) is 15.9 Å². The first-order chi connectivity index (χ1) is 11.3. The molecule has 1 aliphatic rings. The van der Waals surface area contributed by atoms with Gasteiger partial charge < -0.3 is 14.6 Å². The van der Waals surface area contributed by atoms with E-state index in [9.17, 15) is 22.8 Å². The number of alkyl halides is 3. The number of nitrogens with zero attached hydrogens (tertiary/aromatic N) is 1. The van der Waals surface area contributed by atoms with Crippen molar-refractivity contribution in [1.29, 1.82) is 0 Å². The third-order valence-electron chi connectivity index (χ3n) is 3.99. The van der Waals surface area contributed by atoms with Gasteiger partial charge in [0.15, 0.2) is 6.10 Å². The molecule has 128 valence electrons. The lowest BCUT2D eigenvalue weighted by atomic mass is 10.1. The summed E-state index contributed by atoms with van der Waals surface area (Å²) in [4.78, 5) is 28.9.